The summed E-state index contributed by atoms with van der Waals surface area (Å²) in [5.41, 5.74) is 0.736. The number of nitrogens with zero attached hydrogens (tertiary/aromatic N) is 2. The molecular formula is C25H27ClN2O4. The number of carbonyl (C=O) groups excluding carboxylic acids is 2. The highest BCUT2D eigenvalue weighted by Crippen LogP contribution is 2.41. The smallest absolute Gasteiger partial charge is 0.415 e. The predicted octanol–water partition coefficient (Wildman–Crippen LogP) is 4.31. The van der Waals surface area contributed by atoms with Crippen LogP contribution >= 0.6 is 11.6 Å². The number of likely N-dealkylation sites (tertiary alicyclic amines) is 1. The van der Waals surface area contributed by atoms with Gasteiger partial charge < -0.3 is 14.4 Å². The van der Waals surface area contributed by atoms with Crippen molar-refractivity contribution in [1.29, 1.82) is 0 Å². The maximum Gasteiger partial charge on any atom is 0.415 e. The summed E-state index contributed by atoms with van der Waals surface area (Å²) >= 11 is 6.11. The minimum Gasteiger partial charge on any atom is -0.439 e. The first kappa shape index (κ1) is 21.3. The van der Waals surface area contributed by atoms with Crippen LogP contribution in [0.1, 0.15) is 24.8 Å². The third-order valence-electron chi connectivity index (χ3n) is 6.98. The summed E-state index contributed by atoms with van der Waals surface area (Å²) in [7, 11) is 0. The van der Waals surface area contributed by atoms with E-state index in [2.05, 4.69) is 12.1 Å². The van der Waals surface area contributed by atoms with Gasteiger partial charge in [-0.2, -0.15) is 0 Å². The molecular weight excluding hydrogens is 428 g/mol. The molecule has 3 aliphatic heterocycles. The molecule has 0 radical (unpaired) electrons. The second kappa shape index (κ2) is 8.41. The minimum atomic E-state index is -0.672. The van der Waals surface area contributed by atoms with Crippen molar-refractivity contribution in [3.05, 3.63) is 65.2 Å². The van der Waals surface area contributed by atoms with Gasteiger partial charge in [0, 0.05) is 36.9 Å². The van der Waals surface area contributed by atoms with Gasteiger partial charge in [-0.25, -0.2) is 4.79 Å². The van der Waals surface area contributed by atoms with Crippen LogP contribution in [0.3, 0.4) is 0 Å². The van der Waals surface area contributed by atoms with Crippen LogP contribution < -0.4 is 4.90 Å². The number of amides is 2. The second-order valence-corrected chi connectivity index (χ2v) is 9.59. The fourth-order valence-electron chi connectivity index (χ4n) is 5.25. The predicted molar refractivity (Wildman–Crippen MR) is 122 cm³/mol. The SMILES string of the molecule is O=C1O[C@]2(CCN(C(=O)C3(Cc4ccccc4)CCOCC3)C2)CN1c1cccc(Cl)c1. The third kappa shape index (κ3) is 3.97. The van der Waals surface area contributed by atoms with Gasteiger partial charge >= 0.3 is 6.09 Å². The van der Waals surface area contributed by atoms with E-state index in [9.17, 15) is 9.59 Å². The van der Waals surface area contributed by atoms with Crippen LogP contribution in [0.25, 0.3) is 0 Å². The van der Waals surface area contributed by atoms with Gasteiger partial charge in [-0.05, 0) is 43.0 Å². The Labute approximate surface area is 193 Å². The highest BCUT2D eigenvalue weighted by molar-refractivity contribution is 6.30. The lowest BCUT2D eigenvalue weighted by atomic mass is 9.74. The molecule has 6 nitrogen and oxygen atoms in total. The minimum absolute atomic E-state index is 0.152. The quantitative estimate of drug-likeness (QED) is 0.690. The Morgan fingerprint density at radius 3 is 2.53 bits per heavy atom. The van der Waals surface area contributed by atoms with Gasteiger partial charge in [-0.3, -0.25) is 9.69 Å². The zero-order valence-corrected chi connectivity index (χ0v) is 18.7. The summed E-state index contributed by atoms with van der Waals surface area (Å²) in [6.07, 6.45) is 2.37. The van der Waals surface area contributed by atoms with E-state index in [1.165, 1.54) is 0 Å². The van der Waals surface area contributed by atoms with Crippen LogP contribution in [0.5, 0.6) is 0 Å². The number of hydrogen-bond donors (Lipinski definition) is 0. The van der Waals surface area contributed by atoms with Gasteiger partial charge in [0.1, 0.15) is 0 Å². The first-order valence-electron chi connectivity index (χ1n) is 11.2. The van der Waals surface area contributed by atoms with Crippen LogP contribution in [0.2, 0.25) is 5.02 Å². The Balaban J connectivity index is 1.33. The van der Waals surface area contributed by atoms with E-state index < -0.39 is 11.0 Å². The zero-order chi connectivity index (χ0) is 22.2. The molecule has 3 heterocycles. The molecule has 3 aliphatic rings. The molecule has 5 rings (SSSR count). The van der Waals surface area contributed by atoms with Gasteiger partial charge in [0.05, 0.1) is 18.5 Å². The normalized spacial score (nSPS) is 24.7. The molecule has 3 fully saturated rings. The maximum atomic E-state index is 13.8. The molecule has 2 aromatic rings. The van der Waals surface area contributed by atoms with Crippen LogP contribution in [-0.2, 0) is 20.7 Å². The summed E-state index contributed by atoms with van der Waals surface area (Å²) in [4.78, 5) is 30.0. The molecule has 0 aromatic heterocycles. The molecule has 0 saturated carbocycles. The van der Waals surface area contributed by atoms with Crippen molar-refractivity contribution in [2.75, 3.05) is 37.7 Å². The number of halogens is 1. The molecule has 0 unspecified atom stereocenters. The number of ether oxygens (including phenoxy) is 2. The van der Waals surface area contributed by atoms with Crippen molar-refractivity contribution in [1.82, 2.24) is 4.90 Å². The first-order valence-corrected chi connectivity index (χ1v) is 11.5. The molecule has 1 spiro atoms. The van der Waals surface area contributed by atoms with Gasteiger partial charge in [0.25, 0.3) is 0 Å². The highest BCUT2D eigenvalue weighted by Gasteiger charge is 2.53. The van der Waals surface area contributed by atoms with Gasteiger partial charge in [-0.1, -0.05) is 48.0 Å². The molecule has 0 aliphatic carbocycles. The lowest BCUT2D eigenvalue weighted by Gasteiger charge is -2.39. The number of carbonyl (C=O) groups is 2. The van der Waals surface area contributed by atoms with E-state index in [0.29, 0.717) is 69.2 Å². The third-order valence-corrected chi connectivity index (χ3v) is 7.22. The average molecular weight is 455 g/mol. The van der Waals surface area contributed by atoms with E-state index in [0.717, 1.165) is 5.56 Å². The van der Waals surface area contributed by atoms with Crippen molar-refractivity contribution >= 4 is 29.3 Å². The Bertz CT molecular complexity index is 1010. The first-order chi connectivity index (χ1) is 15.5. The fourth-order valence-corrected chi connectivity index (χ4v) is 5.43. The fraction of sp³-hybridized carbons (Fsp3) is 0.440. The summed E-state index contributed by atoms with van der Waals surface area (Å²) in [5, 5.41) is 0.571. The lowest BCUT2D eigenvalue weighted by molar-refractivity contribution is -0.147. The van der Waals surface area contributed by atoms with Crippen molar-refractivity contribution in [3.63, 3.8) is 0 Å². The molecule has 2 amide bonds. The van der Waals surface area contributed by atoms with Gasteiger partial charge in [0.15, 0.2) is 5.60 Å². The molecule has 7 heteroatoms. The number of benzene rings is 2. The van der Waals surface area contributed by atoms with Crippen LogP contribution in [0, 0.1) is 5.41 Å². The number of hydrogen-bond acceptors (Lipinski definition) is 4. The van der Waals surface area contributed by atoms with E-state index in [1.807, 2.05) is 35.2 Å². The number of rotatable bonds is 4. The molecule has 1 atom stereocenters. The van der Waals surface area contributed by atoms with Crippen LogP contribution in [0.4, 0.5) is 10.5 Å². The van der Waals surface area contributed by atoms with Gasteiger partial charge in [-0.15, -0.1) is 0 Å². The van der Waals surface area contributed by atoms with Crippen molar-refractivity contribution in [2.24, 2.45) is 5.41 Å². The largest absolute Gasteiger partial charge is 0.439 e. The molecule has 168 valence electrons. The highest BCUT2D eigenvalue weighted by atomic mass is 35.5. The summed E-state index contributed by atoms with van der Waals surface area (Å²) in [6, 6.07) is 17.4. The summed E-state index contributed by atoms with van der Waals surface area (Å²) in [6.45, 7) is 2.62. The van der Waals surface area contributed by atoms with Crippen molar-refractivity contribution in [3.8, 4) is 0 Å². The standard InChI is InChI=1S/C25H27ClN2O4/c26-20-7-4-8-21(15-20)28-18-25(32-23(28)30)9-12-27(17-25)22(29)24(10-13-31-14-11-24)16-19-5-2-1-3-6-19/h1-8,15H,9-14,16-18H2/t25-/m0/s1. The Hall–Kier alpha value is -2.57. The summed E-state index contributed by atoms with van der Waals surface area (Å²) < 4.78 is 11.5. The molecule has 0 N–H and O–H groups in total. The van der Waals surface area contributed by atoms with E-state index in [4.69, 9.17) is 21.1 Å². The van der Waals surface area contributed by atoms with Crippen LogP contribution in [0.15, 0.2) is 54.6 Å². The van der Waals surface area contributed by atoms with E-state index in [-0.39, 0.29) is 12.0 Å². The Morgan fingerprint density at radius 2 is 1.78 bits per heavy atom. The van der Waals surface area contributed by atoms with Crippen molar-refractivity contribution < 1.29 is 19.1 Å². The van der Waals surface area contributed by atoms with Crippen LogP contribution in [-0.4, -0.2) is 55.3 Å². The van der Waals surface area contributed by atoms with Crippen molar-refractivity contribution in [2.45, 2.75) is 31.3 Å². The molecule has 3 saturated heterocycles. The summed E-state index contributed by atoms with van der Waals surface area (Å²) in [5.74, 6) is 0.152. The number of anilines is 1. The molecule has 32 heavy (non-hydrogen) atoms. The van der Waals surface area contributed by atoms with E-state index in [1.54, 1.807) is 17.0 Å². The lowest BCUT2D eigenvalue weighted by Crippen LogP contribution is -2.49. The average Bonchev–Trinajstić information content (AvgIpc) is 3.37. The topological polar surface area (TPSA) is 59.1 Å². The zero-order valence-electron chi connectivity index (χ0n) is 18.0. The maximum absolute atomic E-state index is 13.8. The Morgan fingerprint density at radius 1 is 1.00 bits per heavy atom. The second-order valence-electron chi connectivity index (χ2n) is 9.15. The molecule has 2 aromatic carbocycles. The molecule has 0 bridgehead atoms. The van der Waals surface area contributed by atoms with E-state index >= 15 is 0 Å². The van der Waals surface area contributed by atoms with Gasteiger partial charge in [0.2, 0.25) is 5.91 Å². The Kier molecular flexibility index (Phi) is 5.59. The monoisotopic (exact) mass is 454 g/mol.